The lowest BCUT2D eigenvalue weighted by molar-refractivity contribution is -0.109. The van der Waals surface area contributed by atoms with E-state index in [1.165, 1.54) is 360 Å². The SMILES string of the molecule is CCCCCCCCCCCCCCCCCC1(CCCCCCCCCCCCCCCCC)N=c2/c(=C3/C(=O)C(c4ccc5cccc6c5c4NC(CCCCCCCCCCCCCCCCC)(CCCCCCCCCCCCCCCCC)N6)=C3O)ccc3cccc(c23)N1. The second-order valence-electron chi connectivity index (χ2n) is 32.6. The van der Waals surface area contributed by atoms with Crippen molar-refractivity contribution in [3.8, 4) is 0 Å². The van der Waals surface area contributed by atoms with Crippen LogP contribution in [0.2, 0.25) is 0 Å². The van der Waals surface area contributed by atoms with E-state index in [0.29, 0.717) is 11.1 Å². The van der Waals surface area contributed by atoms with Gasteiger partial charge in [-0.3, -0.25) is 9.79 Å². The maximum absolute atomic E-state index is 15.5. The van der Waals surface area contributed by atoms with Crippen molar-refractivity contribution in [3.05, 3.63) is 82.6 Å². The Bertz CT molecular complexity index is 2920. The van der Waals surface area contributed by atoms with Crippen LogP contribution in [0, 0.1) is 0 Å². The maximum Gasteiger partial charge on any atom is 0.201 e. The normalized spacial score (nSPS) is 15.0. The van der Waals surface area contributed by atoms with E-state index in [2.05, 4.69) is 104 Å². The molecule has 4 N–H and O–H groups in total. The van der Waals surface area contributed by atoms with E-state index >= 15 is 4.79 Å². The molecule has 0 fully saturated rings. The van der Waals surface area contributed by atoms with E-state index < -0.39 is 5.66 Å². The fraction of sp³-hybridized carbons (Fsp3) is 0.745. The van der Waals surface area contributed by atoms with Crippen molar-refractivity contribution in [2.75, 3.05) is 16.0 Å². The van der Waals surface area contributed by atoms with E-state index in [1.54, 1.807) is 0 Å². The molecule has 6 heteroatoms. The summed E-state index contributed by atoms with van der Waals surface area (Å²) in [5.41, 5.74) is 4.14. The molecule has 6 nitrogen and oxygen atoms in total. The summed E-state index contributed by atoms with van der Waals surface area (Å²) in [5, 5.41) is 31.5. The molecule has 2 heterocycles. The van der Waals surface area contributed by atoms with Crippen LogP contribution in [0.15, 0.2) is 71.4 Å². The molecule has 3 aliphatic rings. The quantitative estimate of drug-likeness (QED) is 0.0331. The zero-order valence-electron chi connectivity index (χ0n) is 65.8. The van der Waals surface area contributed by atoms with Crippen molar-refractivity contribution in [2.24, 2.45) is 4.99 Å². The summed E-state index contributed by atoms with van der Waals surface area (Å²) in [5.74, 6) is 0.0460. The first-order chi connectivity index (χ1) is 49.4. The van der Waals surface area contributed by atoms with Gasteiger partial charge in [0.25, 0.3) is 0 Å². The first-order valence-electron chi connectivity index (χ1n) is 44.4. The number of unbranched alkanes of at least 4 members (excludes halogenated alkanes) is 56. The molecule has 562 valence electrons. The number of nitrogens with one attached hydrogen (secondary N) is 3. The molecule has 4 aromatic carbocycles. The first-order valence-corrected chi connectivity index (χ1v) is 44.4. The number of allylic oxidation sites excluding steroid dienone is 2. The number of hydrogen-bond acceptors (Lipinski definition) is 6. The van der Waals surface area contributed by atoms with Crippen LogP contribution in [-0.4, -0.2) is 22.2 Å². The standard InChI is InChI=1S/C94H154N4O2/c1-5-9-13-17-21-25-29-33-37-41-45-49-53-57-61-75-93(76-62-58-54-50-46-42-38-34-30-26-22-18-14-10-6-2)95-83-69-65-67-79-71-73-81(89(97-93)85(79)83)87-91(99)88(92(87)100)82-74-72-80-68-66-70-84-86(80)90(82)98-94(96-84,77-63-59-55-51-47-43-39-35-31-27-23-19-15-11-7-3)78-64-60-56-52-48-44-40-36-32-28-24-20-16-12-8-4/h65-74,95-97,99H,5-64,75-78H2,1-4H3/b88-82+. The van der Waals surface area contributed by atoms with Gasteiger partial charge in [-0.2, -0.15) is 0 Å². The van der Waals surface area contributed by atoms with Gasteiger partial charge in [0.1, 0.15) is 17.1 Å². The zero-order valence-corrected chi connectivity index (χ0v) is 65.8. The number of nitrogens with zero attached hydrogens (tertiary/aromatic N) is 1. The predicted octanol–water partition coefficient (Wildman–Crippen LogP) is 30.0. The molecule has 2 aliphatic heterocycles. The minimum atomic E-state index is -0.474. The summed E-state index contributed by atoms with van der Waals surface area (Å²) in [6.45, 7) is 9.24. The second-order valence-corrected chi connectivity index (χ2v) is 32.6. The number of aliphatic hydroxyl groups excluding tert-OH is 1. The lowest BCUT2D eigenvalue weighted by Crippen LogP contribution is -2.48. The summed E-state index contributed by atoms with van der Waals surface area (Å²) in [6.07, 6.45) is 85.2. The molecule has 0 radical (unpaired) electrons. The van der Waals surface area contributed by atoms with Gasteiger partial charge >= 0.3 is 0 Å². The lowest BCUT2D eigenvalue weighted by Gasteiger charge is -2.43. The second kappa shape index (κ2) is 51.0. The fourth-order valence-electron chi connectivity index (χ4n) is 17.4. The van der Waals surface area contributed by atoms with Crippen molar-refractivity contribution in [1.29, 1.82) is 0 Å². The average Bonchev–Trinajstić information content (AvgIpc) is 0.714. The summed E-state index contributed by atoms with van der Waals surface area (Å²) in [7, 11) is 0. The van der Waals surface area contributed by atoms with Crippen molar-refractivity contribution in [1.82, 2.24) is 0 Å². The molecule has 0 aromatic heterocycles. The van der Waals surface area contributed by atoms with Crippen LogP contribution in [0.4, 0.5) is 17.1 Å². The number of ketones is 1. The Hall–Kier alpha value is -4.32. The highest BCUT2D eigenvalue weighted by atomic mass is 16.3. The van der Waals surface area contributed by atoms with Gasteiger partial charge in [-0.1, -0.05) is 436 Å². The van der Waals surface area contributed by atoms with Crippen LogP contribution in [0.1, 0.15) is 444 Å². The number of Topliss-reactive ketones (excluding diaryl/α,β-unsaturated/α-hetero) is 1. The summed E-state index contributed by atoms with van der Waals surface area (Å²) < 4.78 is 0. The number of hydrogen-bond donors (Lipinski definition) is 4. The largest absolute Gasteiger partial charge is 0.506 e. The smallest absolute Gasteiger partial charge is 0.201 e. The van der Waals surface area contributed by atoms with Crippen LogP contribution in [0.5, 0.6) is 0 Å². The highest BCUT2D eigenvalue weighted by Gasteiger charge is 2.42. The summed E-state index contributed by atoms with van der Waals surface area (Å²) in [6, 6.07) is 21.8. The molecule has 4 aromatic rings. The molecular weight excluding hydrogens is 1220 g/mol. The van der Waals surface area contributed by atoms with E-state index in [0.717, 1.165) is 106 Å². The molecule has 0 unspecified atom stereocenters. The molecule has 0 amide bonds. The minimum Gasteiger partial charge on any atom is -0.506 e. The van der Waals surface area contributed by atoms with E-state index in [-0.39, 0.29) is 17.2 Å². The Morgan fingerprint density at radius 2 is 0.610 bits per heavy atom. The number of benzene rings is 4. The Morgan fingerprint density at radius 3 is 0.950 bits per heavy atom. The van der Waals surface area contributed by atoms with Gasteiger partial charge in [-0.15, -0.1) is 0 Å². The van der Waals surface area contributed by atoms with Gasteiger partial charge in [0.05, 0.1) is 22.2 Å². The van der Waals surface area contributed by atoms with Gasteiger partial charge in [0, 0.05) is 32.9 Å². The Kier molecular flexibility index (Phi) is 42.3. The van der Waals surface area contributed by atoms with Crippen LogP contribution in [0.25, 0.3) is 32.7 Å². The Balaban J connectivity index is 1.05. The molecule has 0 saturated carbocycles. The van der Waals surface area contributed by atoms with Crippen LogP contribution in [0.3, 0.4) is 0 Å². The van der Waals surface area contributed by atoms with Gasteiger partial charge in [-0.05, 0) is 74.3 Å². The van der Waals surface area contributed by atoms with Crippen molar-refractivity contribution in [2.45, 2.75) is 450 Å². The van der Waals surface area contributed by atoms with Crippen LogP contribution in [-0.2, 0) is 4.79 Å². The minimum absolute atomic E-state index is 0.0708. The fourth-order valence-corrected chi connectivity index (χ4v) is 17.4. The predicted molar refractivity (Wildman–Crippen MR) is 441 cm³/mol. The zero-order chi connectivity index (χ0) is 70.2. The van der Waals surface area contributed by atoms with Crippen LogP contribution >= 0.6 is 0 Å². The highest BCUT2D eigenvalue weighted by molar-refractivity contribution is 6.52. The van der Waals surface area contributed by atoms with Gasteiger partial charge in [0.15, 0.2) is 0 Å². The van der Waals surface area contributed by atoms with Crippen molar-refractivity contribution >= 4 is 55.5 Å². The number of carbonyl (C=O) groups excluding carboxylic acids is 1. The average molecular weight is 1370 g/mol. The van der Waals surface area contributed by atoms with E-state index in [1.807, 2.05) is 0 Å². The molecule has 0 saturated heterocycles. The van der Waals surface area contributed by atoms with E-state index in [9.17, 15) is 5.11 Å². The third-order valence-corrected chi connectivity index (χ3v) is 23.8. The number of carbonyl (C=O) groups is 1. The first kappa shape index (κ1) is 83.0. The molecule has 1 aliphatic carbocycles. The molecule has 100 heavy (non-hydrogen) atoms. The topological polar surface area (TPSA) is 85.8 Å². The molecule has 7 rings (SSSR count). The Labute approximate surface area is 615 Å². The third kappa shape index (κ3) is 29.3. The van der Waals surface area contributed by atoms with Crippen LogP contribution < -0.4 is 26.5 Å². The monoisotopic (exact) mass is 1370 g/mol. The summed E-state index contributed by atoms with van der Waals surface area (Å²) in [4.78, 5) is 21.4. The van der Waals surface area contributed by atoms with Gasteiger partial charge < -0.3 is 21.1 Å². The highest BCUT2D eigenvalue weighted by Crippen LogP contribution is 2.49. The van der Waals surface area contributed by atoms with E-state index in [4.69, 9.17) is 4.99 Å². The molecule has 0 atom stereocenters. The number of aliphatic hydroxyl groups is 1. The Morgan fingerprint density at radius 1 is 0.310 bits per heavy atom. The molecule has 0 spiro atoms. The third-order valence-electron chi connectivity index (χ3n) is 23.8. The number of rotatable bonds is 65. The van der Waals surface area contributed by atoms with Gasteiger partial charge in [0.2, 0.25) is 5.78 Å². The number of anilines is 3. The maximum atomic E-state index is 15.5. The van der Waals surface area contributed by atoms with Crippen molar-refractivity contribution < 1.29 is 9.90 Å². The molecule has 0 bridgehead atoms. The molecular formula is C94H154N4O2. The summed E-state index contributed by atoms with van der Waals surface area (Å²) >= 11 is 0. The van der Waals surface area contributed by atoms with Crippen molar-refractivity contribution in [3.63, 3.8) is 0 Å². The lowest BCUT2D eigenvalue weighted by atomic mass is 9.79. The van der Waals surface area contributed by atoms with Gasteiger partial charge in [-0.25, -0.2) is 0 Å².